The SMILES string of the molecule is CCCCc1ccc(C(=O)NC(=N)c2ccncc2)cc1. The minimum Gasteiger partial charge on any atom is -0.307 e. The van der Waals surface area contributed by atoms with E-state index in [4.69, 9.17) is 5.41 Å². The molecule has 4 heteroatoms. The van der Waals surface area contributed by atoms with Gasteiger partial charge in [0.2, 0.25) is 0 Å². The molecule has 0 bridgehead atoms. The highest BCUT2D eigenvalue weighted by atomic mass is 16.1. The number of rotatable bonds is 5. The van der Waals surface area contributed by atoms with E-state index in [1.54, 1.807) is 36.7 Å². The van der Waals surface area contributed by atoms with Gasteiger partial charge in [0.15, 0.2) is 0 Å². The van der Waals surface area contributed by atoms with Gasteiger partial charge >= 0.3 is 0 Å². The molecule has 2 rings (SSSR count). The summed E-state index contributed by atoms with van der Waals surface area (Å²) in [4.78, 5) is 16.0. The number of amides is 1. The van der Waals surface area contributed by atoms with Crippen LogP contribution in [-0.2, 0) is 6.42 Å². The summed E-state index contributed by atoms with van der Waals surface area (Å²) in [6.45, 7) is 2.16. The number of pyridine rings is 1. The maximum absolute atomic E-state index is 12.1. The van der Waals surface area contributed by atoms with Crippen molar-refractivity contribution in [2.75, 3.05) is 0 Å². The zero-order valence-corrected chi connectivity index (χ0v) is 12.1. The van der Waals surface area contributed by atoms with Gasteiger partial charge in [0, 0.05) is 23.5 Å². The van der Waals surface area contributed by atoms with Crippen LogP contribution in [0.1, 0.15) is 41.3 Å². The van der Waals surface area contributed by atoms with Crippen LogP contribution in [0, 0.1) is 5.41 Å². The van der Waals surface area contributed by atoms with Crippen LogP contribution < -0.4 is 5.32 Å². The number of nitrogens with zero attached hydrogens (tertiary/aromatic N) is 1. The molecule has 21 heavy (non-hydrogen) atoms. The zero-order chi connectivity index (χ0) is 15.1. The normalized spacial score (nSPS) is 10.1. The summed E-state index contributed by atoms with van der Waals surface area (Å²) >= 11 is 0. The summed E-state index contributed by atoms with van der Waals surface area (Å²) in [5.41, 5.74) is 2.43. The molecule has 0 fully saturated rings. The number of aryl methyl sites for hydroxylation is 1. The minimum atomic E-state index is -0.265. The van der Waals surface area contributed by atoms with E-state index in [1.165, 1.54) is 5.56 Å². The molecule has 0 saturated carbocycles. The van der Waals surface area contributed by atoms with Crippen molar-refractivity contribution >= 4 is 11.7 Å². The highest BCUT2D eigenvalue weighted by Crippen LogP contribution is 2.08. The first-order chi connectivity index (χ1) is 10.2. The molecule has 0 aliphatic rings. The lowest BCUT2D eigenvalue weighted by Gasteiger charge is -2.07. The van der Waals surface area contributed by atoms with Crippen LogP contribution in [-0.4, -0.2) is 16.7 Å². The molecule has 4 nitrogen and oxygen atoms in total. The van der Waals surface area contributed by atoms with Gasteiger partial charge in [-0.3, -0.25) is 15.2 Å². The fourth-order valence-electron chi connectivity index (χ4n) is 1.98. The first kappa shape index (κ1) is 14.9. The third-order valence-corrected chi connectivity index (χ3v) is 3.24. The summed E-state index contributed by atoms with van der Waals surface area (Å²) in [6.07, 6.45) is 6.53. The van der Waals surface area contributed by atoms with Crippen molar-refractivity contribution in [2.24, 2.45) is 0 Å². The molecular weight excluding hydrogens is 262 g/mol. The second-order valence-corrected chi connectivity index (χ2v) is 4.87. The molecule has 1 aromatic heterocycles. The van der Waals surface area contributed by atoms with E-state index in [1.807, 2.05) is 12.1 Å². The molecule has 0 radical (unpaired) electrons. The van der Waals surface area contributed by atoms with Gasteiger partial charge < -0.3 is 5.32 Å². The van der Waals surface area contributed by atoms with Crippen LogP contribution in [0.15, 0.2) is 48.8 Å². The molecule has 0 saturated heterocycles. The number of amidine groups is 1. The number of carbonyl (C=O) groups excluding carboxylic acids is 1. The smallest absolute Gasteiger partial charge is 0.256 e. The van der Waals surface area contributed by atoms with Crippen molar-refractivity contribution in [3.05, 3.63) is 65.5 Å². The van der Waals surface area contributed by atoms with Crippen molar-refractivity contribution in [3.63, 3.8) is 0 Å². The van der Waals surface area contributed by atoms with E-state index in [2.05, 4.69) is 17.2 Å². The van der Waals surface area contributed by atoms with Gasteiger partial charge in [0.25, 0.3) is 5.91 Å². The Morgan fingerprint density at radius 1 is 1.10 bits per heavy atom. The lowest BCUT2D eigenvalue weighted by molar-refractivity contribution is 0.0977. The Kier molecular flexibility index (Phi) is 5.21. The topological polar surface area (TPSA) is 65.8 Å². The number of hydrogen-bond acceptors (Lipinski definition) is 3. The number of unbranched alkanes of at least 4 members (excludes halogenated alkanes) is 1. The maximum Gasteiger partial charge on any atom is 0.256 e. The lowest BCUT2D eigenvalue weighted by Crippen LogP contribution is -2.30. The largest absolute Gasteiger partial charge is 0.307 e. The number of nitrogens with one attached hydrogen (secondary N) is 2. The number of carbonyl (C=O) groups is 1. The van der Waals surface area contributed by atoms with Crippen LogP contribution in [0.5, 0.6) is 0 Å². The van der Waals surface area contributed by atoms with E-state index in [0.717, 1.165) is 19.3 Å². The predicted molar refractivity (Wildman–Crippen MR) is 83.6 cm³/mol. The van der Waals surface area contributed by atoms with Crippen molar-refractivity contribution in [2.45, 2.75) is 26.2 Å². The summed E-state index contributed by atoms with van der Waals surface area (Å²) < 4.78 is 0. The summed E-state index contributed by atoms with van der Waals surface area (Å²) in [7, 11) is 0. The molecule has 0 atom stereocenters. The molecule has 0 aliphatic heterocycles. The van der Waals surface area contributed by atoms with Crippen LogP contribution in [0.4, 0.5) is 0 Å². The molecule has 0 unspecified atom stereocenters. The lowest BCUT2D eigenvalue weighted by atomic mass is 10.1. The molecule has 1 aromatic carbocycles. The van der Waals surface area contributed by atoms with Gasteiger partial charge in [-0.2, -0.15) is 0 Å². The first-order valence-corrected chi connectivity index (χ1v) is 7.10. The second kappa shape index (κ2) is 7.33. The van der Waals surface area contributed by atoms with E-state index in [9.17, 15) is 4.79 Å². The van der Waals surface area contributed by atoms with Gasteiger partial charge in [-0.15, -0.1) is 0 Å². The van der Waals surface area contributed by atoms with Crippen LogP contribution in [0.2, 0.25) is 0 Å². The Balaban J connectivity index is 1.98. The van der Waals surface area contributed by atoms with Gasteiger partial charge in [-0.05, 0) is 42.7 Å². The van der Waals surface area contributed by atoms with Crippen molar-refractivity contribution in [1.82, 2.24) is 10.3 Å². The molecule has 1 amide bonds. The van der Waals surface area contributed by atoms with Gasteiger partial charge in [-0.1, -0.05) is 25.5 Å². The zero-order valence-electron chi connectivity index (χ0n) is 12.1. The second-order valence-electron chi connectivity index (χ2n) is 4.87. The fourth-order valence-corrected chi connectivity index (χ4v) is 1.98. The van der Waals surface area contributed by atoms with Crippen LogP contribution in [0.3, 0.4) is 0 Å². The molecule has 108 valence electrons. The average Bonchev–Trinajstić information content (AvgIpc) is 2.54. The standard InChI is InChI=1S/C17H19N3O/c1-2-3-4-13-5-7-15(8-6-13)17(21)20-16(18)14-9-11-19-12-10-14/h5-12H,2-4H2,1H3,(H2,18,20,21). The number of hydrogen-bond donors (Lipinski definition) is 2. The molecule has 1 heterocycles. The Morgan fingerprint density at radius 2 is 1.76 bits per heavy atom. The van der Waals surface area contributed by atoms with Crippen LogP contribution in [0.25, 0.3) is 0 Å². The van der Waals surface area contributed by atoms with E-state index >= 15 is 0 Å². The maximum atomic E-state index is 12.1. The molecule has 2 aromatic rings. The van der Waals surface area contributed by atoms with Gasteiger partial charge in [-0.25, -0.2) is 0 Å². The molecular formula is C17H19N3O. The van der Waals surface area contributed by atoms with Crippen molar-refractivity contribution in [1.29, 1.82) is 5.41 Å². The summed E-state index contributed by atoms with van der Waals surface area (Å²) in [6, 6.07) is 10.9. The summed E-state index contributed by atoms with van der Waals surface area (Å²) in [5, 5.41) is 10.5. The molecule has 0 aliphatic carbocycles. The van der Waals surface area contributed by atoms with Crippen LogP contribution >= 0.6 is 0 Å². The Bertz CT molecular complexity index is 606. The van der Waals surface area contributed by atoms with Gasteiger partial charge in [0.1, 0.15) is 5.84 Å². The average molecular weight is 281 g/mol. The quantitative estimate of drug-likeness (QED) is 0.653. The Labute approximate surface area is 124 Å². The van der Waals surface area contributed by atoms with Crippen molar-refractivity contribution in [3.8, 4) is 0 Å². The highest BCUT2D eigenvalue weighted by Gasteiger charge is 2.09. The predicted octanol–water partition coefficient (Wildman–Crippen LogP) is 3.18. The third-order valence-electron chi connectivity index (χ3n) is 3.24. The highest BCUT2D eigenvalue weighted by molar-refractivity contribution is 6.11. The molecule has 0 spiro atoms. The fraction of sp³-hybridized carbons (Fsp3) is 0.235. The van der Waals surface area contributed by atoms with Gasteiger partial charge in [0.05, 0.1) is 0 Å². The number of benzene rings is 1. The molecule has 2 N–H and O–H groups in total. The first-order valence-electron chi connectivity index (χ1n) is 7.10. The monoisotopic (exact) mass is 281 g/mol. The number of aromatic nitrogens is 1. The Hall–Kier alpha value is -2.49. The third kappa shape index (κ3) is 4.24. The summed E-state index contributed by atoms with van der Waals surface area (Å²) in [5.74, 6) is -0.184. The van der Waals surface area contributed by atoms with E-state index in [-0.39, 0.29) is 11.7 Å². The minimum absolute atomic E-state index is 0.0810. The van der Waals surface area contributed by atoms with E-state index < -0.39 is 0 Å². The Morgan fingerprint density at radius 3 is 2.38 bits per heavy atom. The van der Waals surface area contributed by atoms with E-state index in [0.29, 0.717) is 11.1 Å². The van der Waals surface area contributed by atoms with Crippen molar-refractivity contribution < 1.29 is 4.79 Å².